The normalized spacial score (nSPS) is 12.5. The Hall–Kier alpha value is -2.67. The van der Waals surface area contributed by atoms with Crippen LogP contribution in [0.3, 0.4) is 0 Å². The number of hydrogen-bond acceptors (Lipinski definition) is 4. The molecule has 0 heterocycles. The van der Waals surface area contributed by atoms with Crippen LogP contribution in [0.5, 0.6) is 0 Å². The number of hydrogen-bond donors (Lipinski definition) is 1. The summed E-state index contributed by atoms with van der Waals surface area (Å²) in [5.74, 6) is -0.500. The van der Waals surface area contributed by atoms with E-state index < -0.39 is 15.9 Å². The molecule has 0 aliphatic carbocycles. The highest BCUT2D eigenvalue weighted by molar-refractivity contribution is 7.92. The predicted molar refractivity (Wildman–Crippen MR) is 122 cm³/mol. The summed E-state index contributed by atoms with van der Waals surface area (Å²) in [6.07, 6.45) is 0.638. The third-order valence-corrected chi connectivity index (χ3v) is 6.75. The van der Waals surface area contributed by atoms with E-state index in [1.54, 1.807) is 36.4 Å². The molecular weight excluding hydrogens is 398 g/mol. The fourth-order valence-electron chi connectivity index (χ4n) is 2.67. The maximum Gasteiger partial charge on any atom is 0.264 e. The van der Waals surface area contributed by atoms with E-state index in [1.165, 1.54) is 0 Å². The average Bonchev–Trinajstić information content (AvgIpc) is 2.69. The van der Waals surface area contributed by atoms with Crippen LogP contribution in [0.15, 0.2) is 58.5 Å². The van der Waals surface area contributed by atoms with Crippen molar-refractivity contribution in [2.24, 2.45) is 10.5 Å². The van der Waals surface area contributed by atoms with Crippen LogP contribution < -0.4 is 9.73 Å². The molecule has 162 valence electrons. The minimum atomic E-state index is -3.94. The van der Waals surface area contributed by atoms with Gasteiger partial charge in [-0.05, 0) is 44.0 Å². The third-order valence-electron chi connectivity index (χ3n) is 4.97. The zero-order valence-corrected chi connectivity index (χ0v) is 19.4. The van der Waals surface area contributed by atoms with E-state index in [4.69, 9.17) is 0 Å². The van der Waals surface area contributed by atoms with Gasteiger partial charge in [-0.2, -0.15) is 5.10 Å². The van der Waals surface area contributed by atoms with Gasteiger partial charge in [-0.1, -0.05) is 63.6 Å². The summed E-state index contributed by atoms with van der Waals surface area (Å²) >= 11 is 0. The van der Waals surface area contributed by atoms with Crippen LogP contribution >= 0.6 is 0 Å². The number of sulfonamides is 1. The van der Waals surface area contributed by atoms with Crippen molar-refractivity contribution in [1.29, 1.82) is 0 Å². The smallest absolute Gasteiger partial charge is 0.264 e. The second-order valence-electron chi connectivity index (χ2n) is 8.29. The molecule has 0 aromatic heterocycles. The number of carbonyl (C=O) groups excluding carboxylic acids is 1. The zero-order chi connectivity index (χ0) is 22.5. The molecular formula is C23H31N3O3S. The Morgan fingerprint density at radius 2 is 1.67 bits per heavy atom. The summed E-state index contributed by atoms with van der Waals surface area (Å²) in [5, 5.41) is 4.15. The van der Waals surface area contributed by atoms with Crippen molar-refractivity contribution >= 4 is 27.3 Å². The maximum absolute atomic E-state index is 13.5. The first-order valence-corrected chi connectivity index (χ1v) is 11.4. The number of hydrazone groups is 1. The number of carbonyl (C=O) groups is 1. The van der Waals surface area contributed by atoms with Crippen LogP contribution in [-0.2, 0) is 21.2 Å². The Morgan fingerprint density at radius 1 is 1.07 bits per heavy atom. The number of para-hydroxylation sites is 1. The van der Waals surface area contributed by atoms with Crippen molar-refractivity contribution in [3.63, 3.8) is 0 Å². The molecule has 2 rings (SSSR count). The average molecular weight is 430 g/mol. The number of benzene rings is 2. The first-order chi connectivity index (χ1) is 14.0. The monoisotopic (exact) mass is 429 g/mol. The molecule has 2 aromatic rings. The fraction of sp³-hybridized carbons (Fsp3) is 0.391. The van der Waals surface area contributed by atoms with Crippen molar-refractivity contribution in [3.8, 4) is 0 Å². The summed E-state index contributed by atoms with van der Waals surface area (Å²) in [6.45, 7) is 11.3. The Balaban J connectivity index is 2.45. The van der Waals surface area contributed by atoms with E-state index in [0.29, 0.717) is 12.1 Å². The molecule has 0 radical (unpaired) electrons. The minimum Gasteiger partial charge on any atom is -0.271 e. The van der Waals surface area contributed by atoms with Gasteiger partial charge in [0.05, 0.1) is 10.6 Å². The predicted octanol–water partition coefficient (Wildman–Crippen LogP) is 4.29. The maximum atomic E-state index is 13.5. The second kappa shape index (κ2) is 9.43. The van der Waals surface area contributed by atoms with Crippen LogP contribution in [0.2, 0.25) is 0 Å². The number of anilines is 1. The van der Waals surface area contributed by atoms with Gasteiger partial charge in [-0.25, -0.2) is 13.8 Å². The lowest BCUT2D eigenvalue weighted by Gasteiger charge is -2.26. The molecule has 0 saturated heterocycles. The Bertz CT molecular complexity index is 1020. The third kappa shape index (κ3) is 5.69. The lowest BCUT2D eigenvalue weighted by Crippen LogP contribution is -2.40. The molecule has 0 saturated carbocycles. The van der Waals surface area contributed by atoms with Crippen LogP contribution in [0.4, 0.5) is 5.69 Å². The quantitative estimate of drug-likeness (QED) is 0.527. The summed E-state index contributed by atoms with van der Waals surface area (Å²) < 4.78 is 28.1. The molecule has 1 amide bonds. The molecule has 0 bridgehead atoms. The number of nitrogens with zero attached hydrogens (tertiary/aromatic N) is 2. The van der Waals surface area contributed by atoms with Crippen molar-refractivity contribution in [2.45, 2.75) is 52.9 Å². The van der Waals surface area contributed by atoms with E-state index in [0.717, 1.165) is 21.1 Å². The number of amides is 1. The van der Waals surface area contributed by atoms with E-state index in [2.05, 4.69) is 10.5 Å². The molecule has 0 aliphatic rings. The molecule has 0 spiro atoms. The van der Waals surface area contributed by atoms with Crippen molar-refractivity contribution in [1.82, 2.24) is 5.43 Å². The minimum absolute atomic E-state index is 0.140. The molecule has 0 aliphatic heterocycles. The van der Waals surface area contributed by atoms with Crippen LogP contribution in [0, 0.1) is 12.3 Å². The van der Waals surface area contributed by atoms with Gasteiger partial charge in [-0.3, -0.25) is 9.10 Å². The van der Waals surface area contributed by atoms with Gasteiger partial charge < -0.3 is 0 Å². The molecule has 0 fully saturated rings. The van der Waals surface area contributed by atoms with Crippen molar-refractivity contribution in [3.05, 3.63) is 59.7 Å². The van der Waals surface area contributed by atoms with Gasteiger partial charge in [0.15, 0.2) is 0 Å². The molecule has 7 heteroatoms. The van der Waals surface area contributed by atoms with Gasteiger partial charge in [0.1, 0.15) is 6.54 Å². The molecule has 0 unspecified atom stereocenters. The summed E-state index contributed by atoms with van der Waals surface area (Å²) in [7, 11) is -3.94. The van der Waals surface area contributed by atoms with Gasteiger partial charge in [-0.15, -0.1) is 0 Å². The zero-order valence-electron chi connectivity index (χ0n) is 18.6. The molecule has 0 atom stereocenters. The van der Waals surface area contributed by atoms with Crippen LogP contribution in [-0.4, -0.2) is 26.6 Å². The van der Waals surface area contributed by atoms with Crippen molar-refractivity contribution < 1.29 is 13.2 Å². The second-order valence-corrected chi connectivity index (χ2v) is 10.2. The van der Waals surface area contributed by atoms with E-state index in [1.807, 2.05) is 53.7 Å². The lowest BCUT2D eigenvalue weighted by atomic mass is 9.91. The van der Waals surface area contributed by atoms with Crippen LogP contribution in [0.25, 0.3) is 0 Å². The highest BCUT2D eigenvalue weighted by Gasteiger charge is 2.28. The summed E-state index contributed by atoms with van der Waals surface area (Å²) in [6, 6.07) is 13.8. The number of nitrogens with one attached hydrogen (secondary N) is 1. The fourth-order valence-corrected chi connectivity index (χ4v) is 4.13. The number of aryl methyl sites for hydroxylation is 2. The highest BCUT2D eigenvalue weighted by Crippen LogP contribution is 2.27. The van der Waals surface area contributed by atoms with Gasteiger partial charge in [0.2, 0.25) is 0 Å². The molecule has 30 heavy (non-hydrogen) atoms. The summed E-state index contributed by atoms with van der Waals surface area (Å²) in [5.41, 5.74) is 5.34. The van der Waals surface area contributed by atoms with Gasteiger partial charge in [0.25, 0.3) is 15.9 Å². The standard InChI is InChI=1S/C23H31N3O3S/c1-7-19-10-8-9-11-21(19)26(16-22(27)25-24-18(3)23(4,5)6)30(28,29)20-14-12-17(2)13-15-20/h8-15H,7,16H2,1-6H3,(H,25,27)/b24-18-. The largest absolute Gasteiger partial charge is 0.271 e. The Kier molecular flexibility index (Phi) is 7.42. The van der Waals surface area contributed by atoms with E-state index in [9.17, 15) is 13.2 Å². The first-order valence-electron chi connectivity index (χ1n) is 9.97. The topological polar surface area (TPSA) is 78.8 Å². The Morgan fingerprint density at radius 3 is 2.23 bits per heavy atom. The molecule has 2 aromatic carbocycles. The van der Waals surface area contributed by atoms with Crippen LogP contribution in [0.1, 0.15) is 45.7 Å². The number of rotatable bonds is 7. The molecule has 6 nitrogen and oxygen atoms in total. The van der Waals surface area contributed by atoms with E-state index >= 15 is 0 Å². The SMILES string of the molecule is CCc1ccccc1N(CC(=O)N/N=C(/C)C(C)(C)C)S(=O)(=O)c1ccc(C)cc1. The van der Waals surface area contributed by atoms with Gasteiger partial charge >= 0.3 is 0 Å². The first kappa shape index (κ1) is 23.6. The summed E-state index contributed by atoms with van der Waals surface area (Å²) in [4.78, 5) is 12.8. The van der Waals surface area contributed by atoms with Gasteiger partial charge in [0, 0.05) is 11.1 Å². The van der Waals surface area contributed by atoms with E-state index in [-0.39, 0.29) is 16.9 Å². The lowest BCUT2D eigenvalue weighted by molar-refractivity contribution is -0.119. The Labute approximate surface area is 180 Å². The van der Waals surface area contributed by atoms with Crippen molar-refractivity contribution in [2.75, 3.05) is 10.8 Å². The highest BCUT2D eigenvalue weighted by atomic mass is 32.2. The molecule has 1 N–H and O–H groups in total.